The van der Waals surface area contributed by atoms with Gasteiger partial charge in [-0.2, -0.15) is 13.2 Å². The van der Waals surface area contributed by atoms with Gasteiger partial charge in [0.2, 0.25) is 0 Å². The second-order valence-corrected chi connectivity index (χ2v) is 4.75. The molecular weight excluding hydrogens is 269 g/mol. The van der Waals surface area contributed by atoms with Crippen LogP contribution in [0.4, 0.5) is 13.2 Å². The Morgan fingerprint density at radius 3 is 2.20 bits per heavy atom. The number of alkyl halides is 3. The van der Waals surface area contributed by atoms with Crippen LogP contribution in [-0.4, -0.2) is 23.9 Å². The van der Waals surface area contributed by atoms with E-state index in [2.05, 4.69) is 0 Å². The molecule has 0 aliphatic heterocycles. The molecule has 1 rings (SSSR count). The predicted octanol–water partition coefficient (Wildman–Crippen LogP) is 3.81. The third kappa shape index (κ3) is 5.13. The van der Waals surface area contributed by atoms with Crippen molar-refractivity contribution in [2.24, 2.45) is 0 Å². The van der Waals surface area contributed by atoms with Crippen molar-refractivity contribution in [1.82, 2.24) is 0 Å². The molecule has 0 saturated carbocycles. The van der Waals surface area contributed by atoms with Gasteiger partial charge in [0.15, 0.2) is 0 Å². The fourth-order valence-electron chi connectivity index (χ4n) is 2.09. The molecule has 0 bridgehead atoms. The molecule has 2 nitrogen and oxygen atoms in total. The van der Waals surface area contributed by atoms with Gasteiger partial charge in [-0.1, -0.05) is 25.5 Å². The van der Waals surface area contributed by atoms with Crippen LogP contribution in [0.2, 0.25) is 0 Å². The minimum absolute atomic E-state index is 0.271. The summed E-state index contributed by atoms with van der Waals surface area (Å²) in [5.41, 5.74) is -0.00281. The molecule has 114 valence electrons. The first kappa shape index (κ1) is 17.0. The molecule has 1 aromatic carbocycles. The van der Waals surface area contributed by atoms with Crippen LogP contribution in [0.3, 0.4) is 0 Å². The largest absolute Gasteiger partial charge is 0.416 e. The number of aliphatic hydroxyl groups excluding tert-OH is 1. The Morgan fingerprint density at radius 2 is 1.75 bits per heavy atom. The van der Waals surface area contributed by atoms with E-state index in [9.17, 15) is 18.3 Å². The van der Waals surface area contributed by atoms with Gasteiger partial charge in [-0.15, -0.1) is 0 Å². The van der Waals surface area contributed by atoms with Gasteiger partial charge >= 0.3 is 6.18 Å². The molecule has 5 heteroatoms. The first-order chi connectivity index (χ1) is 9.38. The van der Waals surface area contributed by atoms with Crippen LogP contribution in [0.1, 0.15) is 37.8 Å². The van der Waals surface area contributed by atoms with E-state index < -0.39 is 17.8 Å². The summed E-state index contributed by atoms with van der Waals surface area (Å²) in [4.78, 5) is 0. The molecule has 0 radical (unpaired) electrons. The fourth-order valence-corrected chi connectivity index (χ4v) is 2.09. The van der Waals surface area contributed by atoms with Gasteiger partial charge in [0.1, 0.15) is 0 Å². The molecule has 20 heavy (non-hydrogen) atoms. The van der Waals surface area contributed by atoms with E-state index in [0.29, 0.717) is 18.6 Å². The lowest BCUT2D eigenvalue weighted by Crippen LogP contribution is -2.31. The van der Waals surface area contributed by atoms with Crippen molar-refractivity contribution in [3.05, 3.63) is 35.4 Å². The molecule has 0 heterocycles. The average Bonchev–Trinajstić information content (AvgIpc) is 2.38. The van der Waals surface area contributed by atoms with E-state index in [0.717, 1.165) is 25.0 Å². The van der Waals surface area contributed by atoms with Crippen LogP contribution in [0, 0.1) is 0 Å². The van der Waals surface area contributed by atoms with Gasteiger partial charge in [-0.25, -0.2) is 0 Å². The zero-order valence-electron chi connectivity index (χ0n) is 11.8. The van der Waals surface area contributed by atoms with Crippen molar-refractivity contribution in [2.75, 3.05) is 6.61 Å². The Hall–Kier alpha value is -1.07. The minimum atomic E-state index is -4.33. The van der Waals surface area contributed by atoms with E-state index in [-0.39, 0.29) is 6.10 Å². The van der Waals surface area contributed by atoms with Gasteiger partial charge in [0.25, 0.3) is 0 Å². The van der Waals surface area contributed by atoms with Gasteiger partial charge in [-0.3, -0.25) is 0 Å². The Morgan fingerprint density at radius 1 is 1.15 bits per heavy atom. The molecule has 1 N–H and O–H groups in total. The molecule has 0 aliphatic rings. The van der Waals surface area contributed by atoms with Crippen LogP contribution < -0.4 is 0 Å². The van der Waals surface area contributed by atoms with Crippen molar-refractivity contribution in [1.29, 1.82) is 0 Å². The minimum Gasteiger partial charge on any atom is -0.390 e. The zero-order valence-corrected chi connectivity index (χ0v) is 11.8. The third-order valence-corrected chi connectivity index (χ3v) is 3.11. The smallest absolute Gasteiger partial charge is 0.390 e. The fraction of sp³-hybridized carbons (Fsp3) is 0.600. The molecule has 0 spiro atoms. The highest BCUT2D eigenvalue weighted by Gasteiger charge is 2.30. The summed E-state index contributed by atoms with van der Waals surface area (Å²) >= 11 is 0. The van der Waals surface area contributed by atoms with E-state index >= 15 is 0 Å². The summed E-state index contributed by atoms with van der Waals surface area (Å²) in [6.07, 6.45) is -3.39. The second-order valence-electron chi connectivity index (χ2n) is 4.75. The molecule has 2 atom stereocenters. The topological polar surface area (TPSA) is 29.5 Å². The molecule has 0 aromatic heterocycles. The van der Waals surface area contributed by atoms with E-state index in [1.54, 1.807) is 0 Å². The van der Waals surface area contributed by atoms with E-state index in [1.807, 2.05) is 13.8 Å². The summed E-state index contributed by atoms with van der Waals surface area (Å²) in [6.45, 7) is 4.36. The lowest BCUT2D eigenvalue weighted by molar-refractivity contribution is -0.137. The van der Waals surface area contributed by atoms with Crippen LogP contribution in [-0.2, 0) is 17.3 Å². The molecule has 0 aliphatic carbocycles. The van der Waals surface area contributed by atoms with E-state index in [1.165, 1.54) is 12.1 Å². The lowest BCUT2D eigenvalue weighted by Gasteiger charge is -2.22. The van der Waals surface area contributed by atoms with Crippen LogP contribution in [0.25, 0.3) is 0 Å². The predicted molar refractivity (Wildman–Crippen MR) is 71.5 cm³/mol. The Kier molecular flexibility index (Phi) is 6.49. The molecular formula is C15H21F3O2. The standard InChI is InChI=1S/C15H21F3O2/c1-3-5-14(20-4-2)13(19)10-11-6-8-12(9-7-11)15(16,17)18/h6-9,13-14,19H,3-5,10H2,1-2H3. The normalized spacial score (nSPS) is 15.1. The first-order valence-electron chi connectivity index (χ1n) is 6.84. The van der Waals surface area contributed by atoms with Crippen LogP contribution in [0.5, 0.6) is 0 Å². The second kappa shape index (κ2) is 7.64. The van der Waals surface area contributed by atoms with Crippen molar-refractivity contribution >= 4 is 0 Å². The van der Waals surface area contributed by atoms with Crippen LogP contribution >= 0.6 is 0 Å². The lowest BCUT2D eigenvalue weighted by atomic mass is 10.00. The van der Waals surface area contributed by atoms with Crippen molar-refractivity contribution in [3.8, 4) is 0 Å². The summed E-state index contributed by atoms with van der Waals surface area (Å²) < 4.78 is 42.8. The molecule has 0 fully saturated rings. The number of halogens is 3. The monoisotopic (exact) mass is 290 g/mol. The number of benzene rings is 1. The number of ether oxygens (including phenoxy) is 1. The van der Waals surface area contributed by atoms with E-state index in [4.69, 9.17) is 4.74 Å². The molecule has 1 aromatic rings. The number of hydrogen-bond acceptors (Lipinski definition) is 2. The first-order valence-corrected chi connectivity index (χ1v) is 6.84. The summed E-state index contributed by atoms with van der Waals surface area (Å²) in [5.74, 6) is 0. The summed E-state index contributed by atoms with van der Waals surface area (Å²) in [5, 5.41) is 10.1. The average molecular weight is 290 g/mol. The Bertz CT molecular complexity index is 381. The highest BCUT2D eigenvalue weighted by molar-refractivity contribution is 5.25. The van der Waals surface area contributed by atoms with Gasteiger partial charge in [0, 0.05) is 13.0 Å². The summed E-state index contributed by atoms with van der Waals surface area (Å²) in [6, 6.07) is 4.89. The van der Waals surface area contributed by atoms with Gasteiger partial charge in [-0.05, 0) is 31.0 Å². The highest BCUT2D eigenvalue weighted by atomic mass is 19.4. The highest BCUT2D eigenvalue weighted by Crippen LogP contribution is 2.29. The number of aliphatic hydroxyl groups is 1. The molecule has 0 amide bonds. The summed E-state index contributed by atoms with van der Waals surface area (Å²) in [7, 11) is 0. The SMILES string of the molecule is CCCC(OCC)C(O)Cc1ccc(C(F)(F)F)cc1. The number of hydrogen-bond donors (Lipinski definition) is 1. The number of rotatable bonds is 7. The zero-order chi connectivity index (χ0) is 15.2. The van der Waals surface area contributed by atoms with Gasteiger partial charge in [0.05, 0.1) is 17.8 Å². The van der Waals surface area contributed by atoms with Gasteiger partial charge < -0.3 is 9.84 Å². The maximum absolute atomic E-state index is 12.4. The maximum atomic E-state index is 12.4. The van der Waals surface area contributed by atoms with Crippen molar-refractivity contribution < 1.29 is 23.0 Å². The maximum Gasteiger partial charge on any atom is 0.416 e. The van der Waals surface area contributed by atoms with Crippen molar-refractivity contribution in [3.63, 3.8) is 0 Å². The van der Waals surface area contributed by atoms with Crippen LogP contribution in [0.15, 0.2) is 24.3 Å². The third-order valence-electron chi connectivity index (χ3n) is 3.11. The Labute approximate surface area is 117 Å². The molecule has 2 unspecified atom stereocenters. The Balaban J connectivity index is 2.67. The van der Waals surface area contributed by atoms with Crippen molar-refractivity contribution in [2.45, 2.75) is 51.5 Å². The molecule has 0 saturated heterocycles. The quantitative estimate of drug-likeness (QED) is 0.827.